The summed E-state index contributed by atoms with van der Waals surface area (Å²) in [7, 11) is 0. The average molecular weight is 266 g/mol. The predicted octanol–water partition coefficient (Wildman–Crippen LogP) is 2.55. The molecule has 0 saturated heterocycles. The van der Waals surface area contributed by atoms with E-state index in [9.17, 15) is 0 Å². The lowest BCUT2D eigenvalue weighted by atomic mass is 10.2. The van der Waals surface area contributed by atoms with Crippen LogP contribution in [0.25, 0.3) is 0 Å². The van der Waals surface area contributed by atoms with Crippen LogP contribution in [0.4, 0.5) is 11.6 Å². The first-order chi connectivity index (χ1) is 9.19. The van der Waals surface area contributed by atoms with Crippen LogP contribution < -0.4 is 11.1 Å². The molecular weight excluding hydrogens is 240 g/mol. The van der Waals surface area contributed by atoms with Crippen molar-refractivity contribution in [2.24, 2.45) is 0 Å². The summed E-state index contributed by atoms with van der Waals surface area (Å²) >= 11 is 0. The second-order valence-corrected chi connectivity index (χ2v) is 4.64. The van der Waals surface area contributed by atoms with Crippen molar-refractivity contribution in [1.29, 1.82) is 0 Å². The van der Waals surface area contributed by atoms with Crippen molar-refractivity contribution in [1.82, 2.24) is 9.97 Å². The van der Waals surface area contributed by atoms with E-state index in [1.54, 1.807) is 0 Å². The van der Waals surface area contributed by atoms with Crippen LogP contribution in [-0.2, 0) is 11.2 Å². The van der Waals surface area contributed by atoms with Crippen LogP contribution in [0, 0.1) is 6.92 Å². The number of hydrogen-bond donors (Lipinski definition) is 2. The largest absolute Gasteiger partial charge is 0.383 e. The van der Waals surface area contributed by atoms with Gasteiger partial charge in [0.05, 0.1) is 0 Å². The summed E-state index contributed by atoms with van der Waals surface area (Å²) in [5.74, 6) is 2.24. The molecule has 108 valence electrons. The van der Waals surface area contributed by atoms with Crippen LogP contribution in [0.3, 0.4) is 0 Å². The number of ether oxygens (including phenoxy) is 1. The zero-order valence-electron chi connectivity index (χ0n) is 12.3. The van der Waals surface area contributed by atoms with Gasteiger partial charge in [-0.25, -0.2) is 9.97 Å². The van der Waals surface area contributed by atoms with Gasteiger partial charge in [0, 0.05) is 31.7 Å². The summed E-state index contributed by atoms with van der Waals surface area (Å²) in [4.78, 5) is 8.81. The normalized spacial score (nSPS) is 10.7. The Labute approximate surface area is 116 Å². The Morgan fingerprint density at radius 1 is 1.16 bits per heavy atom. The molecule has 0 aliphatic rings. The number of nitrogens with zero attached hydrogens (tertiary/aromatic N) is 2. The van der Waals surface area contributed by atoms with E-state index in [1.165, 1.54) is 0 Å². The number of aromatic nitrogens is 2. The van der Waals surface area contributed by atoms with Gasteiger partial charge < -0.3 is 15.8 Å². The van der Waals surface area contributed by atoms with Gasteiger partial charge in [-0.05, 0) is 26.2 Å². The van der Waals surface area contributed by atoms with E-state index in [4.69, 9.17) is 10.5 Å². The Morgan fingerprint density at radius 3 is 2.63 bits per heavy atom. The second kappa shape index (κ2) is 8.69. The standard InChI is InChI=1S/C14H26N4O/c1-4-7-12-17-13(15)11(3)14(18-12)16-8-6-10-19-9-5-2/h4-10H2,1-3H3,(H3,15,16,17,18). The number of aryl methyl sites for hydroxylation is 1. The molecule has 0 atom stereocenters. The first-order valence-electron chi connectivity index (χ1n) is 7.13. The van der Waals surface area contributed by atoms with E-state index in [2.05, 4.69) is 29.1 Å². The quantitative estimate of drug-likeness (QED) is 0.672. The summed E-state index contributed by atoms with van der Waals surface area (Å²) in [6, 6.07) is 0. The molecule has 1 heterocycles. The molecule has 0 amide bonds. The predicted molar refractivity (Wildman–Crippen MR) is 79.4 cm³/mol. The highest BCUT2D eigenvalue weighted by Crippen LogP contribution is 2.17. The SMILES string of the molecule is CCCOCCCNc1nc(CCC)nc(N)c1C. The molecule has 0 aromatic carbocycles. The first kappa shape index (κ1) is 15.7. The van der Waals surface area contributed by atoms with Crippen LogP contribution in [-0.4, -0.2) is 29.7 Å². The summed E-state index contributed by atoms with van der Waals surface area (Å²) in [5, 5.41) is 3.32. The molecule has 0 radical (unpaired) electrons. The van der Waals surface area contributed by atoms with Crippen molar-refractivity contribution in [3.8, 4) is 0 Å². The summed E-state index contributed by atoms with van der Waals surface area (Å²) in [6.07, 6.45) is 3.91. The average Bonchev–Trinajstić information content (AvgIpc) is 2.39. The van der Waals surface area contributed by atoms with Crippen LogP contribution in [0.15, 0.2) is 0 Å². The Morgan fingerprint density at radius 2 is 1.95 bits per heavy atom. The highest BCUT2D eigenvalue weighted by atomic mass is 16.5. The summed E-state index contributed by atoms with van der Waals surface area (Å²) in [5.41, 5.74) is 6.83. The molecule has 0 saturated carbocycles. The van der Waals surface area contributed by atoms with Gasteiger partial charge in [-0.15, -0.1) is 0 Å². The third-order valence-electron chi connectivity index (χ3n) is 2.81. The number of nitrogen functional groups attached to an aromatic ring is 1. The smallest absolute Gasteiger partial charge is 0.134 e. The first-order valence-corrected chi connectivity index (χ1v) is 7.13. The summed E-state index contributed by atoms with van der Waals surface area (Å²) in [6.45, 7) is 8.62. The highest BCUT2D eigenvalue weighted by molar-refractivity contribution is 5.54. The Hall–Kier alpha value is -1.36. The molecule has 1 aromatic heterocycles. The highest BCUT2D eigenvalue weighted by Gasteiger charge is 2.07. The van der Waals surface area contributed by atoms with Gasteiger partial charge in [0.1, 0.15) is 17.5 Å². The maximum atomic E-state index is 5.91. The lowest BCUT2D eigenvalue weighted by Crippen LogP contribution is -2.12. The van der Waals surface area contributed by atoms with Crippen LogP contribution in [0.5, 0.6) is 0 Å². The molecule has 1 aromatic rings. The molecule has 5 nitrogen and oxygen atoms in total. The molecule has 0 bridgehead atoms. The van der Waals surface area contributed by atoms with Gasteiger partial charge in [0.25, 0.3) is 0 Å². The topological polar surface area (TPSA) is 73.1 Å². The van der Waals surface area contributed by atoms with Crippen LogP contribution >= 0.6 is 0 Å². The molecule has 0 spiro atoms. The van der Waals surface area contributed by atoms with E-state index in [0.717, 1.165) is 62.6 Å². The molecule has 5 heteroatoms. The molecular formula is C14H26N4O. The molecule has 0 aliphatic heterocycles. The Kier molecular flexibility index (Phi) is 7.18. The third kappa shape index (κ3) is 5.42. The monoisotopic (exact) mass is 266 g/mol. The minimum absolute atomic E-state index is 0.572. The molecule has 0 fully saturated rings. The van der Waals surface area contributed by atoms with Gasteiger partial charge in [0.15, 0.2) is 0 Å². The second-order valence-electron chi connectivity index (χ2n) is 4.64. The van der Waals surface area contributed by atoms with E-state index < -0.39 is 0 Å². The van der Waals surface area contributed by atoms with Gasteiger partial charge in [-0.2, -0.15) is 0 Å². The van der Waals surface area contributed by atoms with E-state index in [0.29, 0.717) is 5.82 Å². The van der Waals surface area contributed by atoms with Gasteiger partial charge in [-0.1, -0.05) is 13.8 Å². The van der Waals surface area contributed by atoms with Gasteiger partial charge in [0.2, 0.25) is 0 Å². The number of anilines is 2. The molecule has 0 unspecified atom stereocenters. The number of rotatable bonds is 9. The minimum Gasteiger partial charge on any atom is -0.383 e. The van der Waals surface area contributed by atoms with Crippen molar-refractivity contribution in [3.63, 3.8) is 0 Å². The van der Waals surface area contributed by atoms with Crippen molar-refractivity contribution in [2.75, 3.05) is 30.8 Å². The van der Waals surface area contributed by atoms with Gasteiger partial charge >= 0.3 is 0 Å². The summed E-state index contributed by atoms with van der Waals surface area (Å²) < 4.78 is 5.44. The fraction of sp³-hybridized carbons (Fsp3) is 0.714. The van der Waals surface area contributed by atoms with E-state index in [-0.39, 0.29) is 0 Å². The molecule has 3 N–H and O–H groups in total. The van der Waals surface area contributed by atoms with Crippen molar-refractivity contribution in [3.05, 3.63) is 11.4 Å². The van der Waals surface area contributed by atoms with Gasteiger partial charge in [-0.3, -0.25) is 0 Å². The fourth-order valence-corrected chi connectivity index (χ4v) is 1.72. The maximum absolute atomic E-state index is 5.91. The Bertz CT molecular complexity index is 382. The molecule has 19 heavy (non-hydrogen) atoms. The number of nitrogens with one attached hydrogen (secondary N) is 1. The van der Waals surface area contributed by atoms with Crippen LogP contribution in [0.1, 0.15) is 44.5 Å². The number of nitrogens with two attached hydrogens (primary N) is 1. The van der Waals surface area contributed by atoms with Crippen molar-refractivity contribution < 1.29 is 4.74 Å². The molecule has 0 aliphatic carbocycles. The zero-order chi connectivity index (χ0) is 14.1. The van der Waals surface area contributed by atoms with E-state index in [1.807, 2.05) is 6.92 Å². The minimum atomic E-state index is 0.572. The third-order valence-corrected chi connectivity index (χ3v) is 2.81. The lowest BCUT2D eigenvalue weighted by Gasteiger charge is -2.11. The van der Waals surface area contributed by atoms with E-state index >= 15 is 0 Å². The van der Waals surface area contributed by atoms with Crippen molar-refractivity contribution in [2.45, 2.75) is 46.5 Å². The van der Waals surface area contributed by atoms with Crippen molar-refractivity contribution >= 4 is 11.6 Å². The fourth-order valence-electron chi connectivity index (χ4n) is 1.72. The number of hydrogen-bond acceptors (Lipinski definition) is 5. The van der Waals surface area contributed by atoms with Crippen LogP contribution in [0.2, 0.25) is 0 Å². The lowest BCUT2D eigenvalue weighted by molar-refractivity contribution is 0.134. The maximum Gasteiger partial charge on any atom is 0.134 e. The Balaban J connectivity index is 2.47. The molecule has 1 rings (SSSR count). The zero-order valence-corrected chi connectivity index (χ0v) is 12.3.